The third-order valence-corrected chi connectivity index (χ3v) is 4.09. The standard InChI is InChI=1S/C19H22ClNO4/c1-12(14(3)25-17-10-24-11-17)8-18(13(2)22)19(23)21-9-15-4-6-16(20)7-5-15/h4-8,12,17H,3,9-11H2,1-2H3,(H,21,23). The average molecular weight is 364 g/mol. The Bertz CT molecular complexity index is 677. The fourth-order valence-electron chi connectivity index (χ4n) is 2.18. The van der Waals surface area contributed by atoms with Crippen LogP contribution in [0.1, 0.15) is 19.4 Å². The maximum Gasteiger partial charge on any atom is 0.254 e. The molecule has 0 aliphatic carbocycles. The van der Waals surface area contributed by atoms with Gasteiger partial charge < -0.3 is 14.8 Å². The fraction of sp³-hybridized carbons (Fsp3) is 0.368. The number of amides is 1. The van der Waals surface area contributed by atoms with Gasteiger partial charge in [-0.3, -0.25) is 9.59 Å². The van der Waals surface area contributed by atoms with Crippen molar-refractivity contribution in [3.63, 3.8) is 0 Å². The number of ketones is 1. The minimum atomic E-state index is -0.422. The number of halogens is 1. The lowest BCUT2D eigenvalue weighted by Gasteiger charge is -2.29. The van der Waals surface area contributed by atoms with Gasteiger partial charge in [0.2, 0.25) is 0 Å². The van der Waals surface area contributed by atoms with E-state index in [1.54, 1.807) is 18.2 Å². The SMILES string of the molecule is C=C(OC1COC1)C(C)C=C(C(C)=O)C(=O)NCc1ccc(Cl)cc1. The van der Waals surface area contributed by atoms with E-state index >= 15 is 0 Å². The molecule has 6 heteroatoms. The average Bonchev–Trinajstić information content (AvgIpc) is 2.54. The molecule has 0 bridgehead atoms. The predicted octanol–water partition coefficient (Wildman–Crippen LogP) is 3.04. The van der Waals surface area contributed by atoms with E-state index in [0.717, 1.165) is 5.56 Å². The highest BCUT2D eigenvalue weighted by Crippen LogP contribution is 2.19. The topological polar surface area (TPSA) is 64.6 Å². The molecule has 2 rings (SSSR count). The lowest BCUT2D eigenvalue weighted by molar-refractivity contribution is -0.121. The van der Waals surface area contributed by atoms with Gasteiger partial charge in [0.1, 0.15) is 6.10 Å². The summed E-state index contributed by atoms with van der Waals surface area (Å²) >= 11 is 5.83. The molecule has 0 radical (unpaired) electrons. The van der Waals surface area contributed by atoms with Crippen molar-refractivity contribution in [1.29, 1.82) is 0 Å². The number of carbonyl (C=O) groups excluding carboxylic acids is 2. The number of allylic oxidation sites excluding steroid dienone is 1. The Morgan fingerprint density at radius 1 is 1.40 bits per heavy atom. The van der Waals surface area contributed by atoms with E-state index in [-0.39, 0.29) is 23.4 Å². The first-order valence-electron chi connectivity index (χ1n) is 8.05. The summed E-state index contributed by atoms with van der Waals surface area (Å²) in [4.78, 5) is 24.2. The Kier molecular flexibility index (Phi) is 6.79. The number of ether oxygens (including phenoxy) is 2. The number of hydrogen-bond acceptors (Lipinski definition) is 4. The molecule has 134 valence electrons. The highest BCUT2D eigenvalue weighted by molar-refractivity contribution is 6.30. The quantitative estimate of drug-likeness (QED) is 0.334. The van der Waals surface area contributed by atoms with Gasteiger partial charge in [-0.1, -0.05) is 43.3 Å². The first kappa shape index (κ1) is 19.2. The van der Waals surface area contributed by atoms with Crippen LogP contribution >= 0.6 is 11.6 Å². The third-order valence-electron chi connectivity index (χ3n) is 3.84. The minimum absolute atomic E-state index is 0.00265. The summed E-state index contributed by atoms with van der Waals surface area (Å²) in [6, 6.07) is 7.13. The van der Waals surface area contributed by atoms with Crippen LogP contribution in [-0.2, 0) is 25.6 Å². The van der Waals surface area contributed by atoms with Crippen molar-refractivity contribution in [2.24, 2.45) is 5.92 Å². The van der Waals surface area contributed by atoms with Gasteiger partial charge >= 0.3 is 0 Å². The van der Waals surface area contributed by atoms with E-state index in [9.17, 15) is 9.59 Å². The van der Waals surface area contributed by atoms with Crippen LogP contribution < -0.4 is 5.32 Å². The zero-order valence-electron chi connectivity index (χ0n) is 14.4. The van der Waals surface area contributed by atoms with Crippen LogP contribution in [0.4, 0.5) is 0 Å². The van der Waals surface area contributed by atoms with Gasteiger partial charge in [-0.25, -0.2) is 0 Å². The maximum atomic E-state index is 12.4. The number of hydrogen-bond donors (Lipinski definition) is 1. The smallest absolute Gasteiger partial charge is 0.254 e. The Balaban J connectivity index is 1.97. The van der Waals surface area contributed by atoms with Crippen molar-refractivity contribution in [3.8, 4) is 0 Å². The molecular formula is C19H22ClNO4. The summed E-state index contributed by atoms with van der Waals surface area (Å²) < 4.78 is 10.7. The zero-order chi connectivity index (χ0) is 18.4. The van der Waals surface area contributed by atoms with E-state index in [1.807, 2.05) is 19.1 Å². The molecule has 1 amide bonds. The number of nitrogens with one attached hydrogen (secondary N) is 1. The summed E-state index contributed by atoms with van der Waals surface area (Å²) in [5.41, 5.74) is 0.988. The van der Waals surface area contributed by atoms with Crippen LogP contribution in [0.5, 0.6) is 0 Å². The minimum Gasteiger partial charge on any atom is -0.490 e. The number of Topliss-reactive ketones (excluding diaryl/α,β-unsaturated/α-hetero) is 1. The second-order valence-electron chi connectivity index (χ2n) is 5.98. The van der Waals surface area contributed by atoms with Crippen molar-refractivity contribution >= 4 is 23.3 Å². The molecular weight excluding hydrogens is 342 g/mol. The van der Waals surface area contributed by atoms with Gasteiger partial charge in [0, 0.05) is 17.5 Å². The molecule has 1 atom stereocenters. The summed E-state index contributed by atoms with van der Waals surface area (Å²) in [5.74, 6) is -0.479. The highest BCUT2D eigenvalue weighted by Gasteiger charge is 2.23. The Labute approximate surface area is 152 Å². The fourth-order valence-corrected chi connectivity index (χ4v) is 2.31. The second-order valence-corrected chi connectivity index (χ2v) is 6.41. The molecule has 0 saturated carbocycles. The van der Waals surface area contributed by atoms with Crippen molar-refractivity contribution in [1.82, 2.24) is 5.32 Å². The van der Waals surface area contributed by atoms with Crippen molar-refractivity contribution in [2.45, 2.75) is 26.5 Å². The highest BCUT2D eigenvalue weighted by atomic mass is 35.5. The molecule has 0 spiro atoms. The van der Waals surface area contributed by atoms with E-state index in [4.69, 9.17) is 21.1 Å². The largest absolute Gasteiger partial charge is 0.490 e. The van der Waals surface area contributed by atoms with Gasteiger partial charge in [0.05, 0.1) is 24.5 Å². The Hall–Kier alpha value is -2.11. The van der Waals surface area contributed by atoms with Crippen LogP contribution in [0.15, 0.2) is 48.3 Å². The lowest BCUT2D eigenvalue weighted by atomic mass is 10.0. The summed E-state index contributed by atoms with van der Waals surface area (Å²) in [7, 11) is 0. The van der Waals surface area contributed by atoms with Crippen LogP contribution in [0, 0.1) is 5.92 Å². The molecule has 1 heterocycles. The Morgan fingerprint density at radius 3 is 2.56 bits per heavy atom. The van der Waals surface area contributed by atoms with Crippen LogP contribution in [0.25, 0.3) is 0 Å². The van der Waals surface area contributed by atoms with Gasteiger partial charge in [-0.05, 0) is 24.6 Å². The first-order chi connectivity index (χ1) is 11.9. The van der Waals surface area contributed by atoms with Crippen LogP contribution in [-0.4, -0.2) is 31.0 Å². The number of rotatable bonds is 8. The summed E-state index contributed by atoms with van der Waals surface area (Å²) in [6.07, 6.45) is 1.59. The molecule has 1 saturated heterocycles. The van der Waals surface area contributed by atoms with Gasteiger partial charge in [0.15, 0.2) is 5.78 Å². The zero-order valence-corrected chi connectivity index (χ0v) is 15.1. The van der Waals surface area contributed by atoms with Crippen LogP contribution in [0.3, 0.4) is 0 Å². The normalized spacial score (nSPS) is 15.9. The van der Waals surface area contributed by atoms with E-state index in [0.29, 0.717) is 30.5 Å². The summed E-state index contributed by atoms with van der Waals surface area (Å²) in [6.45, 7) is 8.46. The van der Waals surface area contributed by atoms with Gasteiger partial charge in [-0.2, -0.15) is 0 Å². The molecule has 1 aromatic carbocycles. The first-order valence-corrected chi connectivity index (χ1v) is 8.43. The number of carbonyl (C=O) groups is 2. The molecule has 1 N–H and O–H groups in total. The molecule has 1 unspecified atom stereocenters. The molecule has 1 fully saturated rings. The van der Waals surface area contributed by atoms with E-state index in [1.165, 1.54) is 6.92 Å². The Morgan fingerprint density at radius 2 is 2.04 bits per heavy atom. The molecule has 25 heavy (non-hydrogen) atoms. The summed E-state index contributed by atoms with van der Waals surface area (Å²) in [5, 5.41) is 3.37. The van der Waals surface area contributed by atoms with E-state index < -0.39 is 5.91 Å². The van der Waals surface area contributed by atoms with E-state index in [2.05, 4.69) is 11.9 Å². The van der Waals surface area contributed by atoms with Crippen LogP contribution in [0.2, 0.25) is 5.02 Å². The molecule has 1 aromatic rings. The van der Waals surface area contributed by atoms with Crippen molar-refractivity contribution < 1.29 is 19.1 Å². The maximum absolute atomic E-state index is 12.4. The van der Waals surface area contributed by atoms with Gasteiger partial charge in [-0.15, -0.1) is 0 Å². The van der Waals surface area contributed by atoms with Gasteiger partial charge in [0.25, 0.3) is 5.91 Å². The molecule has 1 aliphatic rings. The van der Waals surface area contributed by atoms with Crippen molar-refractivity contribution in [2.75, 3.05) is 13.2 Å². The predicted molar refractivity (Wildman–Crippen MR) is 96.1 cm³/mol. The van der Waals surface area contributed by atoms with Crippen molar-refractivity contribution in [3.05, 3.63) is 58.8 Å². The second kappa shape index (κ2) is 8.83. The molecule has 1 aliphatic heterocycles. The monoisotopic (exact) mass is 363 g/mol. The molecule has 5 nitrogen and oxygen atoms in total. The lowest BCUT2D eigenvalue weighted by Crippen LogP contribution is -2.36. The molecule has 0 aromatic heterocycles. The third kappa shape index (κ3) is 5.73. The number of benzene rings is 1.